The van der Waals surface area contributed by atoms with Gasteiger partial charge in [0.25, 0.3) is 0 Å². The van der Waals surface area contributed by atoms with Gasteiger partial charge in [0.2, 0.25) is 0 Å². The van der Waals surface area contributed by atoms with Gasteiger partial charge in [-0.2, -0.15) is 0 Å². The molecular formula is C69H44N2. The third-order valence-electron chi connectivity index (χ3n) is 14.9. The van der Waals surface area contributed by atoms with E-state index >= 15 is 0 Å². The molecule has 0 N–H and O–H groups in total. The van der Waals surface area contributed by atoms with Crippen molar-refractivity contribution in [2.45, 2.75) is 5.41 Å². The Hall–Kier alpha value is -9.24. The first-order chi connectivity index (χ1) is 35.2. The molecule has 14 rings (SSSR count). The van der Waals surface area contributed by atoms with Crippen LogP contribution in [0.5, 0.6) is 0 Å². The minimum atomic E-state index is -0.460. The van der Waals surface area contributed by atoms with Crippen molar-refractivity contribution in [3.05, 3.63) is 289 Å². The molecule has 0 saturated heterocycles. The zero-order valence-corrected chi connectivity index (χ0v) is 38.8. The predicted molar refractivity (Wildman–Crippen MR) is 294 cm³/mol. The van der Waals surface area contributed by atoms with Gasteiger partial charge in [0.15, 0.2) is 5.82 Å². The molecule has 0 saturated carbocycles. The fraction of sp³-hybridized carbons (Fsp3) is 0.0145. The second kappa shape index (κ2) is 16.5. The molecule has 2 aliphatic rings. The number of nitrogens with zero attached hydrogens (tertiary/aromatic N) is 2. The van der Waals surface area contributed by atoms with Crippen molar-refractivity contribution >= 4 is 10.8 Å². The van der Waals surface area contributed by atoms with Crippen molar-refractivity contribution in [2.75, 3.05) is 0 Å². The van der Waals surface area contributed by atoms with Crippen molar-refractivity contribution < 1.29 is 0 Å². The van der Waals surface area contributed by atoms with Crippen LogP contribution < -0.4 is 0 Å². The Morgan fingerprint density at radius 3 is 1.28 bits per heavy atom. The average molecular weight is 901 g/mol. The maximum Gasteiger partial charge on any atom is 0.160 e. The summed E-state index contributed by atoms with van der Waals surface area (Å²) in [6.45, 7) is 0. The Balaban J connectivity index is 0.929. The lowest BCUT2D eigenvalue weighted by molar-refractivity contribution is 0.794. The van der Waals surface area contributed by atoms with Crippen LogP contribution >= 0.6 is 0 Å². The quantitative estimate of drug-likeness (QED) is 0.159. The fourth-order valence-corrected chi connectivity index (χ4v) is 11.6. The summed E-state index contributed by atoms with van der Waals surface area (Å²) in [6, 6.07) is 97.4. The van der Waals surface area contributed by atoms with E-state index in [0.29, 0.717) is 5.82 Å². The van der Waals surface area contributed by atoms with Crippen LogP contribution in [-0.4, -0.2) is 9.97 Å². The summed E-state index contributed by atoms with van der Waals surface area (Å²) in [4.78, 5) is 10.5. The van der Waals surface area contributed by atoms with E-state index in [4.69, 9.17) is 9.97 Å². The van der Waals surface area contributed by atoms with Gasteiger partial charge in [0.05, 0.1) is 16.8 Å². The molecule has 1 aromatic heterocycles. The molecule has 2 aliphatic carbocycles. The molecule has 0 fully saturated rings. The average Bonchev–Trinajstić information content (AvgIpc) is 3.94. The van der Waals surface area contributed by atoms with Gasteiger partial charge in [-0.25, -0.2) is 9.97 Å². The summed E-state index contributed by atoms with van der Waals surface area (Å²) in [5.74, 6) is 0.686. The second-order valence-corrected chi connectivity index (χ2v) is 18.8. The normalized spacial score (nSPS) is 12.6. The molecule has 0 radical (unpaired) electrons. The highest BCUT2D eigenvalue weighted by atomic mass is 14.9. The number of hydrogen-bond donors (Lipinski definition) is 0. The highest BCUT2D eigenvalue weighted by molar-refractivity contribution is 6.00. The maximum atomic E-state index is 5.27. The van der Waals surface area contributed by atoms with Crippen molar-refractivity contribution in [1.82, 2.24) is 9.97 Å². The van der Waals surface area contributed by atoms with Crippen molar-refractivity contribution in [1.29, 1.82) is 0 Å². The third-order valence-corrected chi connectivity index (χ3v) is 14.9. The first-order valence-electron chi connectivity index (χ1n) is 24.5. The Morgan fingerprint density at radius 1 is 0.211 bits per heavy atom. The van der Waals surface area contributed by atoms with Crippen LogP contribution in [0.4, 0.5) is 0 Å². The zero-order chi connectivity index (χ0) is 46.9. The minimum absolute atomic E-state index is 0.460. The van der Waals surface area contributed by atoms with Crippen LogP contribution in [0.2, 0.25) is 0 Å². The number of benzene rings is 11. The summed E-state index contributed by atoms with van der Waals surface area (Å²) in [5, 5.41) is 2.46. The summed E-state index contributed by atoms with van der Waals surface area (Å²) in [6.07, 6.45) is 0. The van der Waals surface area contributed by atoms with Crippen LogP contribution in [0, 0.1) is 0 Å². The molecule has 0 atom stereocenters. The van der Waals surface area contributed by atoms with Gasteiger partial charge in [-0.3, -0.25) is 0 Å². The first kappa shape index (κ1) is 40.8. The van der Waals surface area contributed by atoms with Crippen LogP contribution in [-0.2, 0) is 5.41 Å². The van der Waals surface area contributed by atoms with Crippen LogP contribution in [0.15, 0.2) is 267 Å². The molecule has 0 aliphatic heterocycles. The van der Waals surface area contributed by atoms with Gasteiger partial charge < -0.3 is 0 Å². The van der Waals surface area contributed by atoms with E-state index in [-0.39, 0.29) is 0 Å². The number of aromatic nitrogens is 2. The molecule has 71 heavy (non-hydrogen) atoms. The van der Waals surface area contributed by atoms with Gasteiger partial charge in [0, 0.05) is 16.7 Å². The van der Waals surface area contributed by atoms with Gasteiger partial charge in [-0.05, 0) is 136 Å². The molecular weight excluding hydrogens is 857 g/mol. The number of rotatable bonds is 7. The zero-order valence-electron chi connectivity index (χ0n) is 38.8. The van der Waals surface area contributed by atoms with E-state index in [1.165, 1.54) is 83.1 Å². The Morgan fingerprint density at radius 2 is 0.634 bits per heavy atom. The van der Waals surface area contributed by atoms with Crippen molar-refractivity contribution in [2.24, 2.45) is 0 Å². The molecule has 12 aromatic rings. The van der Waals surface area contributed by atoms with E-state index in [2.05, 4.69) is 261 Å². The standard InChI is InChI=1S/C69H44N2/c1-3-17-45(18-4-1)47-33-36-49(37-34-47)67-44-66(48-20-5-2-6-21-48)70-68(71-67)55-26-16-24-52(41-55)51-23-15-25-53(40-51)60-43-65-61(42-59(60)54-38-35-46-19-7-8-22-50(46)39-54)58-29-11-14-32-64(58)69(65)62-30-12-9-27-56(62)57-28-10-13-31-63(57)69/h1-44H. The molecule has 0 bridgehead atoms. The Kier molecular flexibility index (Phi) is 9.47. The Labute approximate surface area is 413 Å². The van der Waals surface area contributed by atoms with Crippen molar-refractivity contribution in [3.8, 4) is 101 Å². The molecule has 0 amide bonds. The van der Waals surface area contributed by atoms with Crippen molar-refractivity contribution in [3.63, 3.8) is 0 Å². The molecule has 330 valence electrons. The topological polar surface area (TPSA) is 25.8 Å². The van der Waals surface area contributed by atoms with Gasteiger partial charge in [-0.1, -0.05) is 231 Å². The molecule has 0 unspecified atom stereocenters. The number of hydrogen-bond acceptors (Lipinski definition) is 2. The molecule has 2 heteroatoms. The van der Waals surface area contributed by atoms with Gasteiger partial charge in [0.1, 0.15) is 0 Å². The SMILES string of the molecule is c1ccc(-c2ccc(-c3cc(-c4ccccc4)nc(-c4cccc(-c5cccc(-c6cc7c(cc6-c6ccc8ccccc8c6)-c6ccccc6C76c7ccccc7-c7ccccc76)c5)c4)n3)cc2)cc1. The van der Waals surface area contributed by atoms with E-state index in [1.54, 1.807) is 0 Å². The maximum absolute atomic E-state index is 5.27. The lowest BCUT2D eigenvalue weighted by Crippen LogP contribution is -2.25. The van der Waals surface area contributed by atoms with Crippen LogP contribution in [0.1, 0.15) is 22.3 Å². The lowest BCUT2D eigenvalue weighted by Gasteiger charge is -2.31. The third kappa shape index (κ3) is 6.64. The summed E-state index contributed by atoms with van der Waals surface area (Å²) < 4.78 is 0. The van der Waals surface area contributed by atoms with E-state index in [9.17, 15) is 0 Å². The molecule has 11 aromatic carbocycles. The van der Waals surface area contributed by atoms with E-state index in [0.717, 1.165) is 44.8 Å². The van der Waals surface area contributed by atoms with Gasteiger partial charge >= 0.3 is 0 Å². The number of fused-ring (bicyclic) bond motifs is 11. The van der Waals surface area contributed by atoms with E-state index < -0.39 is 5.41 Å². The molecule has 2 nitrogen and oxygen atoms in total. The predicted octanol–water partition coefficient (Wildman–Crippen LogP) is 17.6. The largest absolute Gasteiger partial charge is 0.228 e. The van der Waals surface area contributed by atoms with Gasteiger partial charge in [-0.15, -0.1) is 0 Å². The lowest BCUT2D eigenvalue weighted by atomic mass is 9.70. The Bertz CT molecular complexity index is 3990. The fourth-order valence-electron chi connectivity index (χ4n) is 11.6. The summed E-state index contributed by atoms with van der Waals surface area (Å²) in [7, 11) is 0. The smallest absolute Gasteiger partial charge is 0.160 e. The highest BCUT2D eigenvalue weighted by Gasteiger charge is 2.51. The summed E-state index contributed by atoms with van der Waals surface area (Å²) >= 11 is 0. The summed E-state index contributed by atoms with van der Waals surface area (Å²) in [5.41, 5.74) is 24.2. The first-order valence-corrected chi connectivity index (χ1v) is 24.5. The highest BCUT2D eigenvalue weighted by Crippen LogP contribution is 2.63. The van der Waals surface area contributed by atoms with Crippen LogP contribution in [0.25, 0.3) is 111 Å². The monoisotopic (exact) mass is 900 g/mol. The molecule has 1 heterocycles. The minimum Gasteiger partial charge on any atom is -0.228 e. The molecule has 1 spiro atoms. The van der Waals surface area contributed by atoms with E-state index in [1.807, 2.05) is 6.07 Å². The van der Waals surface area contributed by atoms with Crippen LogP contribution in [0.3, 0.4) is 0 Å². The second-order valence-electron chi connectivity index (χ2n) is 18.8.